The Morgan fingerprint density at radius 1 is 1.10 bits per heavy atom. The number of carbonyl (C=O) groups excluding carboxylic acids is 2. The van der Waals surface area contributed by atoms with Gasteiger partial charge >= 0.3 is 0 Å². The first-order valence-corrected chi connectivity index (χ1v) is 10.2. The summed E-state index contributed by atoms with van der Waals surface area (Å²) in [4.78, 5) is 23.8. The van der Waals surface area contributed by atoms with E-state index >= 15 is 0 Å². The number of hydrogen-bond acceptors (Lipinski definition) is 6. The van der Waals surface area contributed by atoms with Crippen LogP contribution in [0, 0.1) is 13.8 Å². The van der Waals surface area contributed by atoms with Crippen LogP contribution in [0.15, 0.2) is 47.6 Å². The topological polar surface area (TPSA) is 89.8 Å². The molecule has 3 rings (SSSR count). The van der Waals surface area contributed by atoms with Crippen molar-refractivity contribution in [2.75, 3.05) is 5.75 Å². The zero-order valence-corrected chi connectivity index (χ0v) is 17.7. The van der Waals surface area contributed by atoms with Gasteiger partial charge in [0.1, 0.15) is 0 Å². The van der Waals surface area contributed by atoms with Crippen LogP contribution in [0.25, 0.3) is 5.69 Å². The van der Waals surface area contributed by atoms with Gasteiger partial charge in [-0.05, 0) is 47.9 Å². The Labute approximate surface area is 173 Å². The molecular weight excluding hydrogens is 386 g/mol. The maximum atomic E-state index is 12.6. The van der Waals surface area contributed by atoms with Gasteiger partial charge in [-0.25, -0.2) is 0 Å². The van der Waals surface area contributed by atoms with Gasteiger partial charge in [0.2, 0.25) is 11.1 Å². The van der Waals surface area contributed by atoms with Crippen molar-refractivity contribution >= 4 is 23.5 Å². The number of Topliss-reactive ketones (excluding diaryl/α,β-unsaturated/α-hetero) is 1. The molecule has 0 saturated heterocycles. The summed E-state index contributed by atoms with van der Waals surface area (Å²) < 4.78 is 1.68. The molecule has 0 fully saturated rings. The SMILES string of the molecule is CC(=O)N[C@@H](C)c1ccc(C(=O)CSc2nnnn2-c2c(C)cccc2C)cc1. The summed E-state index contributed by atoms with van der Waals surface area (Å²) in [5, 5.41) is 15.4. The van der Waals surface area contributed by atoms with Gasteiger partial charge < -0.3 is 5.32 Å². The molecule has 0 spiro atoms. The smallest absolute Gasteiger partial charge is 0.217 e. The summed E-state index contributed by atoms with van der Waals surface area (Å²) in [6, 6.07) is 13.2. The van der Waals surface area contributed by atoms with Gasteiger partial charge in [-0.2, -0.15) is 4.68 Å². The maximum absolute atomic E-state index is 12.6. The number of thioether (sulfide) groups is 1. The molecule has 150 valence electrons. The molecule has 0 radical (unpaired) electrons. The Balaban J connectivity index is 1.69. The highest BCUT2D eigenvalue weighted by Gasteiger charge is 2.16. The quantitative estimate of drug-likeness (QED) is 0.475. The van der Waals surface area contributed by atoms with Crippen LogP contribution in [0.4, 0.5) is 0 Å². The molecule has 8 heteroatoms. The van der Waals surface area contributed by atoms with E-state index in [1.807, 2.05) is 51.1 Å². The molecule has 3 aromatic rings. The molecule has 0 bridgehead atoms. The predicted molar refractivity (Wildman–Crippen MR) is 112 cm³/mol. The average Bonchev–Trinajstić information content (AvgIpc) is 3.13. The summed E-state index contributed by atoms with van der Waals surface area (Å²) >= 11 is 1.31. The van der Waals surface area contributed by atoms with Crippen LogP contribution in [-0.2, 0) is 4.79 Å². The second kappa shape index (κ2) is 9.00. The lowest BCUT2D eigenvalue weighted by Gasteiger charge is -2.13. The van der Waals surface area contributed by atoms with Crippen LogP contribution < -0.4 is 5.32 Å². The van der Waals surface area contributed by atoms with Gasteiger partial charge in [-0.3, -0.25) is 9.59 Å². The Bertz CT molecular complexity index is 1010. The number of benzene rings is 2. The minimum atomic E-state index is -0.104. The van der Waals surface area contributed by atoms with Crippen molar-refractivity contribution in [1.29, 1.82) is 0 Å². The molecule has 0 aliphatic carbocycles. The minimum absolute atomic E-state index is 0.00946. The third kappa shape index (κ3) is 4.89. The molecule has 1 heterocycles. The number of hydrogen-bond donors (Lipinski definition) is 1. The summed E-state index contributed by atoms with van der Waals surface area (Å²) in [5.74, 6) is 0.131. The van der Waals surface area contributed by atoms with Gasteiger partial charge in [0, 0.05) is 12.5 Å². The van der Waals surface area contributed by atoms with E-state index in [1.54, 1.807) is 16.8 Å². The molecule has 1 aromatic heterocycles. The minimum Gasteiger partial charge on any atom is -0.350 e. The average molecular weight is 410 g/mol. The van der Waals surface area contributed by atoms with E-state index in [-0.39, 0.29) is 23.5 Å². The number of carbonyl (C=O) groups is 2. The van der Waals surface area contributed by atoms with E-state index in [0.29, 0.717) is 10.7 Å². The number of rotatable bonds is 7. The van der Waals surface area contributed by atoms with Crippen LogP contribution in [0.2, 0.25) is 0 Å². The van der Waals surface area contributed by atoms with Gasteiger partial charge in [0.25, 0.3) is 0 Å². The first-order chi connectivity index (χ1) is 13.9. The van der Waals surface area contributed by atoms with Gasteiger partial charge in [-0.1, -0.05) is 54.2 Å². The molecule has 0 aliphatic rings. The van der Waals surface area contributed by atoms with Gasteiger partial charge in [0.05, 0.1) is 17.5 Å². The van der Waals surface area contributed by atoms with E-state index in [4.69, 9.17) is 0 Å². The number of tetrazole rings is 1. The zero-order chi connectivity index (χ0) is 21.0. The Hall–Kier alpha value is -3.00. The van der Waals surface area contributed by atoms with Crippen molar-refractivity contribution < 1.29 is 9.59 Å². The number of nitrogens with zero attached hydrogens (tertiary/aromatic N) is 4. The maximum Gasteiger partial charge on any atom is 0.217 e. The molecule has 1 N–H and O–H groups in total. The van der Waals surface area contributed by atoms with Crippen LogP contribution >= 0.6 is 11.8 Å². The fourth-order valence-corrected chi connectivity index (χ4v) is 3.88. The molecular formula is C21H23N5O2S. The molecule has 29 heavy (non-hydrogen) atoms. The summed E-state index contributed by atoms with van der Waals surface area (Å²) in [6.45, 7) is 7.40. The number of aryl methyl sites for hydroxylation is 2. The Morgan fingerprint density at radius 2 is 1.76 bits per heavy atom. The van der Waals surface area contributed by atoms with E-state index in [0.717, 1.165) is 22.4 Å². The van der Waals surface area contributed by atoms with Gasteiger partial charge in [-0.15, -0.1) is 5.10 Å². The number of para-hydroxylation sites is 1. The van der Waals surface area contributed by atoms with Crippen molar-refractivity contribution in [3.63, 3.8) is 0 Å². The Kier molecular flexibility index (Phi) is 6.43. The van der Waals surface area contributed by atoms with Crippen LogP contribution in [0.1, 0.15) is 46.9 Å². The summed E-state index contributed by atoms with van der Waals surface area (Å²) in [7, 11) is 0. The second-order valence-electron chi connectivity index (χ2n) is 6.87. The third-order valence-corrected chi connectivity index (χ3v) is 5.50. The zero-order valence-electron chi connectivity index (χ0n) is 16.8. The van der Waals surface area contributed by atoms with Crippen molar-refractivity contribution in [3.8, 4) is 5.69 Å². The number of aromatic nitrogens is 4. The van der Waals surface area contributed by atoms with Crippen molar-refractivity contribution in [2.45, 2.75) is 38.9 Å². The lowest BCUT2D eigenvalue weighted by atomic mass is 10.0. The highest BCUT2D eigenvalue weighted by molar-refractivity contribution is 7.99. The van der Waals surface area contributed by atoms with E-state index in [2.05, 4.69) is 20.8 Å². The normalized spacial score (nSPS) is 11.9. The standard InChI is InChI=1S/C21H23N5O2S/c1-13-6-5-7-14(2)20(13)26-21(23-24-25-26)29-12-19(28)18-10-8-17(9-11-18)15(3)22-16(4)27/h5-11,15H,12H2,1-4H3,(H,22,27)/t15-/m0/s1. The fraction of sp³-hybridized carbons (Fsp3) is 0.286. The van der Waals surface area contributed by atoms with Crippen molar-refractivity contribution in [2.24, 2.45) is 0 Å². The lowest BCUT2D eigenvalue weighted by molar-refractivity contribution is -0.119. The largest absolute Gasteiger partial charge is 0.350 e. The van der Waals surface area contributed by atoms with Crippen molar-refractivity contribution in [3.05, 3.63) is 64.7 Å². The third-order valence-electron chi connectivity index (χ3n) is 4.58. The van der Waals surface area contributed by atoms with Crippen molar-refractivity contribution in [1.82, 2.24) is 25.5 Å². The molecule has 0 unspecified atom stereocenters. The lowest BCUT2D eigenvalue weighted by Crippen LogP contribution is -2.23. The monoisotopic (exact) mass is 409 g/mol. The predicted octanol–water partition coefficient (Wildman–Crippen LogP) is 3.45. The highest BCUT2D eigenvalue weighted by atomic mass is 32.2. The molecule has 1 amide bonds. The molecule has 2 aromatic carbocycles. The fourth-order valence-electron chi connectivity index (χ4n) is 3.11. The van der Waals surface area contributed by atoms with Crippen LogP contribution in [0.3, 0.4) is 0 Å². The highest BCUT2D eigenvalue weighted by Crippen LogP contribution is 2.24. The molecule has 7 nitrogen and oxygen atoms in total. The van der Waals surface area contributed by atoms with E-state index in [1.165, 1.54) is 18.7 Å². The first kappa shape index (κ1) is 20.7. The van der Waals surface area contributed by atoms with E-state index < -0.39 is 0 Å². The molecule has 1 atom stereocenters. The summed E-state index contributed by atoms with van der Waals surface area (Å²) in [6.07, 6.45) is 0. The first-order valence-electron chi connectivity index (χ1n) is 9.25. The number of ketones is 1. The van der Waals surface area contributed by atoms with Crippen LogP contribution in [0.5, 0.6) is 0 Å². The number of amides is 1. The van der Waals surface area contributed by atoms with Gasteiger partial charge in [0.15, 0.2) is 5.78 Å². The molecule has 0 saturated carbocycles. The van der Waals surface area contributed by atoms with E-state index in [9.17, 15) is 9.59 Å². The number of nitrogens with one attached hydrogen (secondary N) is 1. The Morgan fingerprint density at radius 3 is 2.38 bits per heavy atom. The molecule has 0 aliphatic heterocycles. The van der Waals surface area contributed by atoms with Crippen LogP contribution in [-0.4, -0.2) is 37.7 Å². The second-order valence-corrected chi connectivity index (χ2v) is 7.81. The summed E-state index contributed by atoms with van der Waals surface area (Å²) in [5.41, 5.74) is 4.62.